The number of halogens is 1. The van der Waals surface area contributed by atoms with Crippen LogP contribution in [0.4, 0.5) is 0 Å². The second kappa shape index (κ2) is 3.37. The minimum absolute atomic E-state index is 0. The Morgan fingerprint density at radius 1 is 1.50 bits per heavy atom. The highest BCUT2D eigenvalue weighted by atomic mass is 35.5. The van der Waals surface area contributed by atoms with Gasteiger partial charge in [0.1, 0.15) is 0 Å². The van der Waals surface area contributed by atoms with Gasteiger partial charge in [0.05, 0.1) is 11.3 Å². The fourth-order valence-corrected chi connectivity index (χ4v) is 0.733. The van der Waals surface area contributed by atoms with Crippen molar-refractivity contribution in [1.29, 1.82) is 0 Å². The Kier molecular flexibility index (Phi) is 3.09. The van der Waals surface area contributed by atoms with Gasteiger partial charge in [-0.3, -0.25) is 9.89 Å². The predicted octanol–water partition coefficient (Wildman–Crippen LogP) is 1.26. The first-order valence-electron chi connectivity index (χ1n) is 2.72. The number of H-pyrrole nitrogens is 1. The summed E-state index contributed by atoms with van der Waals surface area (Å²) in [6.45, 7) is 3.62. The molecule has 0 bridgehead atoms. The zero-order valence-corrected chi connectivity index (χ0v) is 6.66. The van der Waals surface area contributed by atoms with Crippen LogP contribution in [0.25, 0.3) is 0 Å². The summed E-state index contributed by atoms with van der Waals surface area (Å²) in [5, 5.41) is 6.54. The molecule has 1 N–H and O–H groups in total. The number of carbonyl (C=O) groups is 1. The fraction of sp³-hybridized carbons (Fsp3) is 0.333. The summed E-state index contributed by atoms with van der Waals surface area (Å²) >= 11 is 0. The van der Waals surface area contributed by atoms with Crippen LogP contribution in [-0.2, 0) is 0 Å². The monoisotopic (exact) mass is 160 g/mol. The van der Waals surface area contributed by atoms with Crippen molar-refractivity contribution in [2.75, 3.05) is 0 Å². The summed E-state index contributed by atoms with van der Waals surface area (Å²) in [6, 6.07) is 0. The lowest BCUT2D eigenvalue weighted by Crippen LogP contribution is -1.82. The van der Waals surface area contributed by atoms with E-state index in [1.807, 2.05) is 6.92 Å². The molecule has 0 amide bonds. The molecule has 1 aromatic heterocycles. The van der Waals surface area contributed by atoms with Crippen LogP contribution in [0.15, 0.2) is 0 Å². The topological polar surface area (TPSA) is 45.8 Å². The van der Waals surface area contributed by atoms with Crippen molar-refractivity contribution >= 4 is 18.7 Å². The van der Waals surface area contributed by atoms with Gasteiger partial charge in [0, 0.05) is 5.69 Å². The third-order valence-electron chi connectivity index (χ3n) is 1.30. The van der Waals surface area contributed by atoms with Crippen molar-refractivity contribution in [3.63, 3.8) is 0 Å². The Morgan fingerprint density at radius 2 is 2.10 bits per heavy atom. The van der Waals surface area contributed by atoms with Crippen LogP contribution in [0.2, 0.25) is 0 Å². The first kappa shape index (κ1) is 9.17. The van der Waals surface area contributed by atoms with Gasteiger partial charge in [0.15, 0.2) is 6.29 Å². The van der Waals surface area contributed by atoms with Crippen molar-refractivity contribution in [2.24, 2.45) is 0 Å². The first-order chi connectivity index (χ1) is 4.25. The fourth-order valence-electron chi connectivity index (χ4n) is 0.733. The Labute approximate surface area is 65.2 Å². The Morgan fingerprint density at radius 3 is 2.30 bits per heavy atom. The number of aryl methyl sites for hydroxylation is 2. The van der Waals surface area contributed by atoms with E-state index >= 15 is 0 Å². The molecule has 0 aliphatic carbocycles. The van der Waals surface area contributed by atoms with E-state index in [2.05, 4.69) is 10.2 Å². The van der Waals surface area contributed by atoms with Crippen LogP contribution in [0, 0.1) is 13.8 Å². The van der Waals surface area contributed by atoms with Crippen molar-refractivity contribution < 1.29 is 4.79 Å². The number of aromatic nitrogens is 2. The SMILES string of the molecule is Cc1n[nH]c(C)c1C=O.Cl. The molecule has 4 heteroatoms. The maximum Gasteiger partial charge on any atom is 0.153 e. The Hall–Kier alpha value is -0.830. The summed E-state index contributed by atoms with van der Waals surface area (Å²) in [5.74, 6) is 0. The second-order valence-corrected chi connectivity index (χ2v) is 1.97. The number of nitrogens with one attached hydrogen (secondary N) is 1. The van der Waals surface area contributed by atoms with E-state index in [0.717, 1.165) is 17.7 Å². The predicted molar refractivity (Wildman–Crippen MR) is 40.7 cm³/mol. The van der Waals surface area contributed by atoms with E-state index in [-0.39, 0.29) is 12.4 Å². The minimum atomic E-state index is 0. The minimum Gasteiger partial charge on any atom is -0.298 e. The molecule has 3 nitrogen and oxygen atoms in total. The average Bonchev–Trinajstić information content (AvgIpc) is 2.12. The molecule has 0 aromatic carbocycles. The van der Waals surface area contributed by atoms with Crippen molar-refractivity contribution in [3.8, 4) is 0 Å². The standard InChI is InChI=1S/C6H8N2O.ClH/c1-4-6(3-9)5(2)8-7-4;/h3H,1-2H3,(H,7,8);1H. The molecule has 0 radical (unpaired) electrons. The summed E-state index contributed by atoms with van der Waals surface area (Å²) in [4.78, 5) is 10.2. The van der Waals surface area contributed by atoms with Crippen molar-refractivity contribution in [1.82, 2.24) is 10.2 Å². The second-order valence-electron chi connectivity index (χ2n) is 1.97. The van der Waals surface area contributed by atoms with Crippen LogP contribution in [0.3, 0.4) is 0 Å². The van der Waals surface area contributed by atoms with E-state index in [1.54, 1.807) is 6.92 Å². The van der Waals surface area contributed by atoms with Gasteiger partial charge in [-0.25, -0.2) is 0 Å². The molecule has 0 fully saturated rings. The maximum absolute atomic E-state index is 10.2. The number of hydrogen-bond acceptors (Lipinski definition) is 2. The summed E-state index contributed by atoms with van der Waals surface area (Å²) < 4.78 is 0. The van der Waals surface area contributed by atoms with E-state index < -0.39 is 0 Å². The largest absolute Gasteiger partial charge is 0.298 e. The molecule has 56 valence electrons. The number of hydrogen-bond donors (Lipinski definition) is 1. The van der Waals surface area contributed by atoms with E-state index in [9.17, 15) is 4.79 Å². The van der Waals surface area contributed by atoms with Crippen LogP contribution in [0.5, 0.6) is 0 Å². The molecule has 1 rings (SSSR count). The third-order valence-corrected chi connectivity index (χ3v) is 1.30. The molecule has 0 aliphatic heterocycles. The van der Waals surface area contributed by atoms with Crippen LogP contribution in [-0.4, -0.2) is 16.5 Å². The number of rotatable bonds is 1. The van der Waals surface area contributed by atoms with Crippen LogP contribution >= 0.6 is 12.4 Å². The van der Waals surface area contributed by atoms with Gasteiger partial charge in [0.2, 0.25) is 0 Å². The zero-order valence-electron chi connectivity index (χ0n) is 5.84. The molecule has 0 atom stereocenters. The van der Waals surface area contributed by atoms with Gasteiger partial charge in [-0.15, -0.1) is 12.4 Å². The number of carbonyl (C=O) groups excluding carboxylic acids is 1. The van der Waals surface area contributed by atoms with E-state index in [1.165, 1.54) is 0 Å². The molecule has 1 heterocycles. The van der Waals surface area contributed by atoms with Crippen LogP contribution < -0.4 is 0 Å². The number of nitrogens with zero attached hydrogens (tertiary/aromatic N) is 1. The molecular formula is C6H9ClN2O. The van der Waals surface area contributed by atoms with E-state index in [4.69, 9.17) is 0 Å². The quantitative estimate of drug-likeness (QED) is 0.629. The highest BCUT2D eigenvalue weighted by molar-refractivity contribution is 5.85. The summed E-state index contributed by atoms with van der Waals surface area (Å²) in [6.07, 6.45) is 0.814. The lowest BCUT2D eigenvalue weighted by atomic mass is 10.2. The van der Waals surface area contributed by atoms with E-state index in [0.29, 0.717) is 5.56 Å². The van der Waals surface area contributed by atoms with Crippen molar-refractivity contribution in [2.45, 2.75) is 13.8 Å². The molecule has 0 saturated heterocycles. The third kappa shape index (κ3) is 1.36. The highest BCUT2D eigenvalue weighted by Gasteiger charge is 2.01. The smallest absolute Gasteiger partial charge is 0.153 e. The first-order valence-corrected chi connectivity index (χ1v) is 2.72. The Bertz CT molecular complexity index is 212. The normalized spacial score (nSPS) is 8.60. The van der Waals surface area contributed by atoms with Gasteiger partial charge >= 0.3 is 0 Å². The van der Waals surface area contributed by atoms with Crippen LogP contribution in [0.1, 0.15) is 21.7 Å². The highest BCUT2D eigenvalue weighted by Crippen LogP contribution is 2.04. The van der Waals surface area contributed by atoms with Gasteiger partial charge in [-0.1, -0.05) is 0 Å². The van der Waals surface area contributed by atoms with Gasteiger partial charge in [-0.2, -0.15) is 5.10 Å². The average molecular weight is 161 g/mol. The van der Waals surface area contributed by atoms with Crippen molar-refractivity contribution in [3.05, 3.63) is 17.0 Å². The molecule has 0 aliphatic rings. The lowest BCUT2D eigenvalue weighted by molar-refractivity contribution is 0.112. The zero-order chi connectivity index (χ0) is 6.85. The number of aldehydes is 1. The van der Waals surface area contributed by atoms with Gasteiger partial charge in [0.25, 0.3) is 0 Å². The van der Waals surface area contributed by atoms with Gasteiger partial charge in [-0.05, 0) is 13.8 Å². The molecular weight excluding hydrogens is 152 g/mol. The molecule has 0 spiro atoms. The summed E-state index contributed by atoms with van der Waals surface area (Å²) in [5.41, 5.74) is 2.28. The molecule has 10 heavy (non-hydrogen) atoms. The maximum atomic E-state index is 10.2. The molecule has 1 aromatic rings. The lowest BCUT2D eigenvalue weighted by Gasteiger charge is -1.82. The molecule has 0 unspecified atom stereocenters. The number of aromatic amines is 1. The van der Waals surface area contributed by atoms with Gasteiger partial charge < -0.3 is 0 Å². The Balaban J connectivity index is 0.000000810. The molecule has 0 saturated carbocycles. The summed E-state index contributed by atoms with van der Waals surface area (Å²) in [7, 11) is 0.